The van der Waals surface area contributed by atoms with Crippen LogP contribution in [0.1, 0.15) is 49.8 Å². The topological polar surface area (TPSA) is 29.5 Å². The van der Waals surface area contributed by atoms with Gasteiger partial charge in [-0.2, -0.15) is 0 Å². The molecule has 2 rings (SSSR count). The van der Waals surface area contributed by atoms with Gasteiger partial charge in [0.15, 0.2) is 0 Å². The Bertz CT molecular complexity index is 522. The zero-order chi connectivity index (χ0) is 14.9. The number of aliphatic hydroxyl groups excluding tert-OH is 1. The first-order chi connectivity index (χ1) is 10.3. The molecule has 0 aliphatic heterocycles. The first kappa shape index (κ1) is 15.6. The van der Waals surface area contributed by atoms with Crippen LogP contribution in [0.3, 0.4) is 0 Å². The van der Waals surface area contributed by atoms with Crippen molar-refractivity contribution in [2.75, 3.05) is 0 Å². The number of benzene rings is 2. The van der Waals surface area contributed by atoms with Crippen LogP contribution in [0.4, 0.5) is 0 Å². The van der Waals surface area contributed by atoms with Crippen LogP contribution >= 0.6 is 0 Å². The molecule has 21 heavy (non-hydrogen) atoms. The van der Waals surface area contributed by atoms with Crippen molar-refractivity contribution < 1.29 is 9.84 Å². The van der Waals surface area contributed by atoms with Gasteiger partial charge in [0.2, 0.25) is 0 Å². The minimum Gasteiger partial charge on any atom is -0.489 e. The minimum absolute atomic E-state index is 0.367. The number of aliphatic hydroxyl groups is 1. The van der Waals surface area contributed by atoms with Crippen molar-refractivity contribution in [2.24, 2.45) is 0 Å². The van der Waals surface area contributed by atoms with E-state index in [1.54, 1.807) is 0 Å². The first-order valence-electron chi connectivity index (χ1n) is 7.74. The molecule has 0 fully saturated rings. The number of hydrogen-bond donors (Lipinski definition) is 1. The lowest BCUT2D eigenvalue weighted by atomic mass is 10.0. The highest BCUT2D eigenvalue weighted by Crippen LogP contribution is 2.21. The van der Waals surface area contributed by atoms with Crippen molar-refractivity contribution in [3.8, 4) is 5.75 Å². The molecule has 0 unspecified atom stereocenters. The van der Waals surface area contributed by atoms with E-state index in [1.807, 2.05) is 54.6 Å². The zero-order valence-corrected chi connectivity index (χ0v) is 12.7. The number of rotatable bonds is 8. The van der Waals surface area contributed by atoms with E-state index in [0.717, 1.165) is 29.7 Å². The molecule has 1 N–H and O–H groups in total. The molecule has 0 amide bonds. The van der Waals surface area contributed by atoms with E-state index >= 15 is 0 Å². The Balaban J connectivity index is 1.91. The minimum atomic E-state index is -0.367. The SMILES string of the molecule is CCCCC[C@@H](O)c1cccc(COc2ccccc2)c1. The Kier molecular flexibility index (Phi) is 6.29. The lowest BCUT2D eigenvalue weighted by Gasteiger charge is -2.12. The predicted molar refractivity (Wildman–Crippen MR) is 86.3 cm³/mol. The summed E-state index contributed by atoms with van der Waals surface area (Å²) in [4.78, 5) is 0. The van der Waals surface area contributed by atoms with Gasteiger partial charge in [-0.05, 0) is 35.7 Å². The second kappa shape index (κ2) is 8.48. The van der Waals surface area contributed by atoms with Gasteiger partial charge >= 0.3 is 0 Å². The quantitative estimate of drug-likeness (QED) is 0.700. The van der Waals surface area contributed by atoms with E-state index in [9.17, 15) is 5.11 Å². The van der Waals surface area contributed by atoms with Gasteiger partial charge in [0, 0.05) is 0 Å². The Labute approximate surface area is 127 Å². The van der Waals surface area contributed by atoms with Crippen LogP contribution in [0.15, 0.2) is 54.6 Å². The highest BCUT2D eigenvalue weighted by atomic mass is 16.5. The van der Waals surface area contributed by atoms with E-state index in [1.165, 1.54) is 12.8 Å². The molecular formula is C19H24O2. The summed E-state index contributed by atoms with van der Waals surface area (Å²) in [7, 11) is 0. The second-order valence-electron chi connectivity index (χ2n) is 5.36. The Morgan fingerprint density at radius 3 is 2.57 bits per heavy atom. The van der Waals surface area contributed by atoms with Gasteiger partial charge < -0.3 is 9.84 Å². The van der Waals surface area contributed by atoms with E-state index in [-0.39, 0.29) is 6.10 Å². The fourth-order valence-electron chi connectivity index (χ4n) is 2.33. The van der Waals surface area contributed by atoms with Crippen LogP contribution in [0.5, 0.6) is 5.75 Å². The normalized spacial score (nSPS) is 12.1. The number of unbranched alkanes of at least 4 members (excludes halogenated alkanes) is 2. The van der Waals surface area contributed by atoms with Crippen molar-refractivity contribution in [1.29, 1.82) is 0 Å². The third-order valence-electron chi connectivity index (χ3n) is 3.57. The average Bonchev–Trinajstić information content (AvgIpc) is 2.54. The van der Waals surface area contributed by atoms with Crippen LogP contribution in [0, 0.1) is 0 Å². The first-order valence-corrected chi connectivity index (χ1v) is 7.74. The maximum Gasteiger partial charge on any atom is 0.119 e. The van der Waals surface area contributed by atoms with E-state index < -0.39 is 0 Å². The summed E-state index contributed by atoms with van der Waals surface area (Å²) in [5.41, 5.74) is 2.08. The molecule has 2 aromatic carbocycles. The molecule has 0 saturated carbocycles. The van der Waals surface area contributed by atoms with Crippen molar-refractivity contribution in [2.45, 2.75) is 45.3 Å². The van der Waals surface area contributed by atoms with Crippen molar-refractivity contribution in [3.05, 3.63) is 65.7 Å². The molecule has 0 aliphatic carbocycles. The summed E-state index contributed by atoms with van der Waals surface area (Å²) in [6.45, 7) is 2.70. The Morgan fingerprint density at radius 2 is 1.81 bits per heavy atom. The molecule has 0 bridgehead atoms. The Hall–Kier alpha value is -1.80. The third-order valence-corrected chi connectivity index (χ3v) is 3.57. The summed E-state index contributed by atoms with van der Waals surface area (Å²) >= 11 is 0. The van der Waals surface area contributed by atoms with Gasteiger partial charge in [-0.15, -0.1) is 0 Å². The highest BCUT2D eigenvalue weighted by Gasteiger charge is 2.07. The molecule has 0 radical (unpaired) electrons. The lowest BCUT2D eigenvalue weighted by Crippen LogP contribution is -2.00. The van der Waals surface area contributed by atoms with Gasteiger partial charge in [-0.25, -0.2) is 0 Å². The average molecular weight is 284 g/mol. The maximum atomic E-state index is 10.2. The number of hydrogen-bond acceptors (Lipinski definition) is 2. The lowest BCUT2D eigenvalue weighted by molar-refractivity contribution is 0.163. The summed E-state index contributed by atoms with van der Waals surface area (Å²) in [6, 6.07) is 17.8. The van der Waals surface area contributed by atoms with Crippen LogP contribution in [0.2, 0.25) is 0 Å². The zero-order valence-electron chi connectivity index (χ0n) is 12.7. The number of para-hydroxylation sites is 1. The molecular weight excluding hydrogens is 260 g/mol. The molecule has 0 aromatic heterocycles. The van der Waals surface area contributed by atoms with Gasteiger partial charge in [-0.3, -0.25) is 0 Å². The van der Waals surface area contributed by atoms with Gasteiger partial charge in [-0.1, -0.05) is 62.6 Å². The van der Waals surface area contributed by atoms with Crippen LogP contribution in [-0.2, 0) is 6.61 Å². The summed E-state index contributed by atoms with van der Waals surface area (Å²) in [5.74, 6) is 0.867. The molecule has 0 heterocycles. The van der Waals surface area contributed by atoms with Crippen molar-refractivity contribution in [1.82, 2.24) is 0 Å². The molecule has 0 aliphatic rings. The van der Waals surface area contributed by atoms with Crippen LogP contribution in [-0.4, -0.2) is 5.11 Å². The molecule has 0 saturated heterocycles. The molecule has 1 atom stereocenters. The molecule has 2 heteroatoms. The molecule has 2 nitrogen and oxygen atoms in total. The van der Waals surface area contributed by atoms with Crippen LogP contribution < -0.4 is 4.74 Å². The van der Waals surface area contributed by atoms with E-state index in [0.29, 0.717) is 6.61 Å². The van der Waals surface area contributed by atoms with Crippen LogP contribution in [0.25, 0.3) is 0 Å². The smallest absolute Gasteiger partial charge is 0.119 e. The second-order valence-corrected chi connectivity index (χ2v) is 5.36. The molecule has 112 valence electrons. The Morgan fingerprint density at radius 1 is 1.00 bits per heavy atom. The fourth-order valence-corrected chi connectivity index (χ4v) is 2.33. The van der Waals surface area contributed by atoms with Crippen molar-refractivity contribution in [3.63, 3.8) is 0 Å². The molecule has 2 aromatic rings. The van der Waals surface area contributed by atoms with E-state index in [2.05, 4.69) is 6.92 Å². The van der Waals surface area contributed by atoms with E-state index in [4.69, 9.17) is 4.74 Å². The summed E-state index contributed by atoms with van der Waals surface area (Å²) in [5, 5.41) is 10.2. The third kappa shape index (κ3) is 5.24. The van der Waals surface area contributed by atoms with Gasteiger partial charge in [0.25, 0.3) is 0 Å². The van der Waals surface area contributed by atoms with Gasteiger partial charge in [0.05, 0.1) is 6.10 Å². The largest absolute Gasteiger partial charge is 0.489 e. The summed E-state index contributed by atoms with van der Waals surface area (Å²) < 4.78 is 5.74. The maximum absolute atomic E-state index is 10.2. The monoisotopic (exact) mass is 284 g/mol. The van der Waals surface area contributed by atoms with Gasteiger partial charge in [0.1, 0.15) is 12.4 Å². The predicted octanol–water partition coefficient (Wildman–Crippen LogP) is 4.88. The summed E-state index contributed by atoms with van der Waals surface area (Å²) in [6.07, 6.45) is 3.89. The number of ether oxygens (including phenoxy) is 1. The standard InChI is InChI=1S/C19H24O2/c1-2-3-5-13-19(20)17-10-8-9-16(14-17)15-21-18-11-6-4-7-12-18/h4,6-12,14,19-20H,2-3,5,13,15H2,1H3/t19-/m1/s1. The van der Waals surface area contributed by atoms with Crippen molar-refractivity contribution >= 4 is 0 Å². The molecule has 0 spiro atoms. The fraction of sp³-hybridized carbons (Fsp3) is 0.368. The highest BCUT2D eigenvalue weighted by molar-refractivity contribution is 5.26.